The van der Waals surface area contributed by atoms with Crippen LogP contribution >= 0.6 is 0 Å². The average molecular weight is 1380 g/mol. The fourth-order valence-electron chi connectivity index (χ4n) is 14.8. The molecule has 10 nitrogen and oxygen atoms in total. The van der Waals surface area contributed by atoms with Crippen LogP contribution in [0.15, 0.2) is 364 Å². The third-order valence-corrected chi connectivity index (χ3v) is 20.4. The summed E-state index contributed by atoms with van der Waals surface area (Å²) in [6.45, 7) is 0. The second-order valence-electron chi connectivity index (χ2n) is 27.1. The van der Waals surface area contributed by atoms with E-state index in [0.717, 1.165) is 194 Å². The Balaban J connectivity index is 0.000000142. The smallest absolute Gasteiger partial charge is 0.160 e. The molecule has 0 fully saturated rings. The summed E-state index contributed by atoms with van der Waals surface area (Å²) in [7, 11) is 0. The maximum atomic E-state index is 5.16. The molecule has 0 bridgehead atoms. The molecule has 0 aliphatic rings. The van der Waals surface area contributed by atoms with Crippen molar-refractivity contribution in [2.24, 2.45) is 0 Å². The van der Waals surface area contributed by atoms with Crippen molar-refractivity contribution in [1.29, 1.82) is 0 Å². The lowest BCUT2D eigenvalue weighted by Gasteiger charge is -2.11. The molecule has 10 heteroatoms. The summed E-state index contributed by atoms with van der Waals surface area (Å²) in [5.41, 5.74) is 26.6. The average Bonchev–Trinajstić information content (AvgIpc) is 0.780. The summed E-state index contributed by atoms with van der Waals surface area (Å²) in [4.78, 5) is 49.4. The first kappa shape index (κ1) is 63.0. The Morgan fingerprint density at radius 2 is 0.472 bits per heavy atom. The maximum Gasteiger partial charge on any atom is 0.160 e. The Morgan fingerprint density at radius 1 is 0.148 bits per heavy atom. The first-order valence-corrected chi connectivity index (χ1v) is 36.0. The molecule has 0 radical (unpaired) electrons. The minimum atomic E-state index is 0.706. The van der Waals surface area contributed by atoms with Gasteiger partial charge >= 0.3 is 0 Å². The van der Waals surface area contributed by atoms with Crippen LogP contribution in [0.3, 0.4) is 0 Å². The van der Waals surface area contributed by atoms with Crippen LogP contribution in [0.2, 0.25) is 0 Å². The lowest BCUT2D eigenvalue weighted by molar-refractivity contribution is 1.18. The number of nitrogens with zero attached hydrogens (tertiary/aromatic N) is 10. The molecule has 0 N–H and O–H groups in total. The molecule has 502 valence electrons. The number of hydrogen-bond acceptors (Lipinski definition) is 10. The predicted octanol–water partition coefficient (Wildman–Crippen LogP) is 24.4. The fraction of sp³-hybridized carbons (Fsp3) is 0. The van der Waals surface area contributed by atoms with Gasteiger partial charge in [-0.1, -0.05) is 255 Å². The van der Waals surface area contributed by atoms with Gasteiger partial charge in [0.1, 0.15) is 0 Å². The molecule has 108 heavy (non-hydrogen) atoms. The van der Waals surface area contributed by atoms with Crippen LogP contribution in [0, 0.1) is 0 Å². The molecule has 21 aromatic rings. The molecule has 9 aromatic heterocycles. The molecule has 12 aromatic carbocycles. The fourth-order valence-corrected chi connectivity index (χ4v) is 14.8. The molecule has 0 amide bonds. The van der Waals surface area contributed by atoms with Gasteiger partial charge in [-0.05, 0) is 124 Å². The van der Waals surface area contributed by atoms with Crippen molar-refractivity contribution in [2.45, 2.75) is 0 Å². The van der Waals surface area contributed by atoms with E-state index < -0.39 is 0 Å². The quantitative estimate of drug-likeness (QED) is 0.122. The topological polar surface area (TPSA) is 129 Å². The lowest BCUT2D eigenvalue weighted by Crippen LogP contribution is -1.95. The second kappa shape index (κ2) is 26.8. The van der Waals surface area contributed by atoms with Crippen LogP contribution in [0.5, 0.6) is 0 Å². The van der Waals surface area contributed by atoms with E-state index in [9.17, 15) is 0 Å². The van der Waals surface area contributed by atoms with Crippen LogP contribution in [0.4, 0.5) is 0 Å². The zero-order valence-electron chi connectivity index (χ0n) is 58.1. The van der Waals surface area contributed by atoms with Gasteiger partial charge in [-0.15, -0.1) is 0 Å². The molecule has 0 atom stereocenters. The number of aromatic nitrogens is 10. The van der Waals surface area contributed by atoms with E-state index in [0.29, 0.717) is 5.82 Å². The van der Waals surface area contributed by atoms with E-state index in [1.165, 1.54) is 10.8 Å². The van der Waals surface area contributed by atoms with Gasteiger partial charge in [0.25, 0.3) is 0 Å². The number of hydrogen-bond donors (Lipinski definition) is 0. The molecule has 0 aliphatic heterocycles. The number of benzene rings is 12. The summed E-state index contributed by atoms with van der Waals surface area (Å²) < 4.78 is 0. The van der Waals surface area contributed by atoms with E-state index in [1.54, 1.807) is 0 Å². The van der Waals surface area contributed by atoms with Crippen molar-refractivity contribution in [3.05, 3.63) is 364 Å². The second-order valence-corrected chi connectivity index (χ2v) is 27.1. The molecular formula is C98H60N10. The summed E-state index contributed by atoms with van der Waals surface area (Å²) in [6.07, 6.45) is 5.50. The van der Waals surface area contributed by atoms with E-state index >= 15 is 0 Å². The Hall–Kier alpha value is -14.7. The molecule has 0 saturated heterocycles. The number of fused-ring (bicyclic) bond motifs is 10. The van der Waals surface area contributed by atoms with E-state index in [2.05, 4.69) is 294 Å². The summed E-state index contributed by atoms with van der Waals surface area (Å²) in [5, 5.41) is 11.1. The molecule has 0 aliphatic carbocycles. The Labute approximate surface area is 620 Å². The molecule has 0 unspecified atom stereocenters. The zero-order valence-corrected chi connectivity index (χ0v) is 58.1. The van der Waals surface area contributed by atoms with Gasteiger partial charge in [0.15, 0.2) is 5.82 Å². The Bertz CT molecular complexity index is 7060. The molecule has 0 saturated carbocycles. The van der Waals surface area contributed by atoms with Crippen molar-refractivity contribution in [1.82, 2.24) is 49.8 Å². The van der Waals surface area contributed by atoms with Gasteiger partial charge in [0, 0.05) is 106 Å². The van der Waals surface area contributed by atoms with Gasteiger partial charge in [-0.3, -0.25) is 15.0 Å². The van der Waals surface area contributed by atoms with Gasteiger partial charge in [-0.25, -0.2) is 34.9 Å². The first-order valence-electron chi connectivity index (χ1n) is 36.0. The van der Waals surface area contributed by atoms with Crippen LogP contribution in [0.1, 0.15) is 0 Å². The summed E-state index contributed by atoms with van der Waals surface area (Å²) in [5.74, 6) is 0.706. The molecular weight excluding hydrogens is 1320 g/mol. The SMILES string of the molecule is c1ccc(-c2cc(-c3ccc(-c4ccc5ccc(-c6ccc7ccc(-c8cccc9cccnc89)nc7c6)nc5c4)cc3)nc(-c3ccccc3)n2)cc1.c1cnc2c(-c3ccc4ccc(-c5ccc6ccc(-c7ccc8cc(-c9ccc%10ccc%11cccnc%11c%10n9)ccc8c7)cc6n5)cc4n3)cccc2c1. The van der Waals surface area contributed by atoms with Crippen molar-refractivity contribution >= 4 is 98.0 Å². The van der Waals surface area contributed by atoms with Crippen molar-refractivity contribution < 1.29 is 0 Å². The largest absolute Gasteiger partial charge is 0.256 e. The first-order chi connectivity index (χ1) is 53.4. The molecule has 9 heterocycles. The standard InChI is InChI=1S/C49H29N5.C49H31N5/c1-4-32-5-2-24-50-47(32)41(7-1)44-23-19-31-9-16-40(29-46(31)53-44)42-21-18-30-8-12-38(28-45(30)52-42)36-13-14-37-27-39(17-15-35(37)26-36)43-22-20-34-11-10-33-6-3-25-51-48(33)49(34)54-43;1-3-9-33(10-4-1)46-31-47(54-49(53-46)38-11-5-2-6-12-38)34-18-16-32(17-19-34)39-22-20-35-24-26-42(51-44(35)29-39)40-23-21-36-25-27-43(52-45(36)30-40)41-15-7-13-37-14-8-28-50-48(37)41/h1-29H;1-31H. The van der Waals surface area contributed by atoms with Crippen molar-refractivity contribution in [2.75, 3.05) is 0 Å². The van der Waals surface area contributed by atoms with E-state index in [1.807, 2.05) is 85.3 Å². The number of rotatable bonds is 10. The summed E-state index contributed by atoms with van der Waals surface area (Å²) in [6, 6.07) is 120. The van der Waals surface area contributed by atoms with Gasteiger partial charge in [0.05, 0.1) is 84.0 Å². The monoisotopic (exact) mass is 1380 g/mol. The van der Waals surface area contributed by atoms with Gasteiger partial charge < -0.3 is 0 Å². The lowest BCUT2D eigenvalue weighted by atomic mass is 9.98. The highest BCUT2D eigenvalue weighted by atomic mass is 14.9. The molecule has 0 spiro atoms. The normalized spacial score (nSPS) is 11.5. The van der Waals surface area contributed by atoms with Gasteiger partial charge in [0.2, 0.25) is 0 Å². The third kappa shape index (κ3) is 12.1. The highest BCUT2D eigenvalue weighted by Gasteiger charge is 2.17. The minimum absolute atomic E-state index is 0.706. The van der Waals surface area contributed by atoms with Gasteiger partial charge in [-0.2, -0.15) is 0 Å². The Kier molecular flexibility index (Phi) is 15.6. The minimum Gasteiger partial charge on any atom is -0.256 e. The van der Waals surface area contributed by atoms with Crippen molar-refractivity contribution in [3.8, 4) is 112 Å². The highest BCUT2D eigenvalue weighted by Crippen LogP contribution is 2.38. The number of pyridine rings is 8. The van der Waals surface area contributed by atoms with Crippen LogP contribution in [-0.2, 0) is 0 Å². The van der Waals surface area contributed by atoms with E-state index in [4.69, 9.17) is 34.9 Å². The maximum absolute atomic E-state index is 5.16. The zero-order chi connectivity index (χ0) is 71.4. The molecule has 21 rings (SSSR count). The van der Waals surface area contributed by atoms with Crippen LogP contribution in [-0.4, -0.2) is 49.8 Å². The predicted molar refractivity (Wildman–Crippen MR) is 443 cm³/mol. The summed E-state index contributed by atoms with van der Waals surface area (Å²) >= 11 is 0. The van der Waals surface area contributed by atoms with Crippen LogP contribution < -0.4 is 0 Å². The third-order valence-electron chi connectivity index (χ3n) is 20.4. The van der Waals surface area contributed by atoms with Crippen LogP contribution in [0.25, 0.3) is 210 Å². The number of para-hydroxylation sites is 2. The van der Waals surface area contributed by atoms with E-state index in [-0.39, 0.29) is 0 Å². The Morgan fingerprint density at radius 3 is 0.991 bits per heavy atom. The highest BCUT2D eigenvalue weighted by molar-refractivity contribution is 6.04. The van der Waals surface area contributed by atoms with Crippen molar-refractivity contribution in [3.63, 3.8) is 0 Å².